The van der Waals surface area contributed by atoms with Gasteiger partial charge in [0.25, 0.3) is 0 Å². The summed E-state index contributed by atoms with van der Waals surface area (Å²) in [6.07, 6.45) is 2.11. The highest BCUT2D eigenvalue weighted by Crippen LogP contribution is 2.30. The molecule has 0 radical (unpaired) electrons. The number of nitrogens with one attached hydrogen (secondary N) is 1. The molecule has 0 atom stereocenters. The predicted octanol–water partition coefficient (Wildman–Crippen LogP) is 2.02. The van der Waals surface area contributed by atoms with Crippen LogP contribution in [0.2, 0.25) is 0 Å². The molecule has 0 aliphatic heterocycles. The third-order valence-corrected chi connectivity index (χ3v) is 3.14. The summed E-state index contributed by atoms with van der Waals surface area (Å²) in [4.78, 5) is 24.3. The molecule has 6 heteroatoms. The molecule has 1 saturated carbocycles. The first-order chi connectivity index (χ1) is 9.60. The topological polar surface area (TPSA) is 78.9 Å². The lowest BCUT2D eigenvalue weighted by molar-refractivity contribution is -0.137. The summed E-state index contributed by atoms with van der Waals surface area (Å²) in [6, 6.07) is 6.61. The number of nitrogens with zero attached hydrogens (tertiary/aromatic N) is 1. The molecule has 1 aliphatic rings. The number of benzene rings is 1. The van der Waals surface area contributed by atoms with E-state index in [4.69, 9.17) is 9.84 Å². The number of methoxy groups -OCH3 is 1. The molecule has 0 heterocycles. The molecule has 1 aromatic carbocycles. The van der Waals surface area contributed by atoms with Crippen LogP contribution < -0.4 is 10.1 Å². The number of carboxylic acid groups (broad SMARTS) is 1. The summed E-state index contributed by atoms with van der Waals surface area (Å²) in [5, 5.41) is 11.6. The standard InChI is InChI=1S/C14H18N2O4/c1-20-12-5-3-2-4-11(12)15-14(19)16(9-13(17)18)8-10-6-7-10/h2-5,10H,6-9H2,1H3,(H,15,19)(H,17,18). The molecule has 0 bridgehead atoms. The van der Waals surface area contributed by atoms with Crippen LogP contribution in [-0.4, -0.2) is 42.2 Å². The largest absolute Gasteiger partial charge is 0.495 e. The van der Waals surface area contributed by atoms with Crippen LogP contribution in [0.25, 0.3) is 0 Å². The van der Waals surface area contributed by atoms with E-state index >= 15 is 0 Å². The van der Waals surface area contributed by atoms with Crippen LogP contribution in [0.1, 0.15) is 12.8 Å². The van der Waals surface area contributed by atoms with E-state index in [-0.39, 0.29) is 6.54 Å². The summed E-state index contributed by atoms with van der Waals surface area (Å²) in [7, 11) is 1.52. The van der Waals surface area contributed by atoms with Gasteiger partial charge in [0.05, 0.1) is 12.8 Å². The smallest absolute Gasteiger partial charge is 0.323 e. The van der Waals surface area contributed by atoms with Crippen molar-refractivity contribution in [3.63, 3.8) is 0 Å². The van der Waals surface area contributed by atoms with Crippen LogP contribution >= 0.6 is 0 Å². The number of urea groups is 1. The van der Waals surface area contributed by atoms with Crippen molar-refractivity contribution in [2.75, 3.05) is 25.5 Å². The molecule has 0 saturated heterocycles. The number of rotatable bonds is 6. The maximum Gasteiger partial charge on any atom is 0.323 e. The van der Waals surface area contributed by atoms with Crippen molar-refractivity contribution in [3.8, 4) is 5.75 Å². The van der Waals surface area contributed by atoms with Gasteiger partial charge in [-0.15, -0.1) is 0 Å². The van der Waals surface area contributed by atoms with Gasteiger partial charge >= 0.3 is 12.0 Å². The highest BCUT2D eigenvalue weighted by Gasteiger charge is 2.28. The number of amides is 2. The number of para-hydroxylation sites is 2. The lowest BCUT2D eigenvalue weighted by atomic mass is 10.3. The van der Waals surface area contributed by atoms with Crippen LogP contribution in [0, 0.1) is 5.92 Å². The number of ether oxygens (including phenoxy) is 1. The van der Waals surface area contributed by atoms with Gasteiger partial charge in [-0.05, 0) is 30.9 Å². The minimum Gasteiger partial charge on any atom is -0.495 e. The van der Waals surface area contributed by atoms with Crippen molar-refractivity contribution in [2.24, 2.45) is 5.92 Å². The van der Waals surface area contributed by atoms with Crippen molar-refractivity contribution < 1.29 is 19.4 Å². The fourth-order valence-electron chi connectivity index (χ4n) is 1.94. The first-order valence-electron chi connectivity index (χ1n) is 6.51. The Bertz CT molecular complexity index is 500. The highest BCUT2D eigenvalue weighted by molar-refractivity contribution is 5.92. The lowest BCUT2D eigenvalue weighted by Crippen LogP contribution is -2.40. The van der Waals surface area contributed by atoms with Crippen LogP contribution in [0.3, 0.4) is 0 Å². The number of carbonyl (C=O) groups is 2. The van der Waals surface area contributed by atoms with Gasteiger partial charge in [-0.2, -0.15) is 0 Å². The van der Waals surface area contributed by atoms with Crippen molar-refractivity contribution >= 4 is 17.7 Å². The molecule has 0 spiro atoms. The average molecular weight is 278 g/mol. The van der Waals surface area contributed by atoms with Gasteiger partial charge in [0.2, 0.25) is 0 Å². The number of aliphatic carboxylic acids is 1. The van der Waals surface area contributed by atoms with E-state index in [1.54, 1.807) is 24.3 Å². The van der Waals surface area contributed by atoms with E-state index < -0.39 is 12.0 Å². The maximum atomic E-state index is 12.2. The van der Waals surface area contributed by atoms with Gasteiger partial charge in [0, 0.05) is 6.54 Å². The average Bonchev–Trinajstić information content (AvgIpc) is 3.22. The normalized spacial score (nSPS) is 13.7. The first-order valence-corrected chi connectivity index (χ1v) is 6.51. The molecule has 1 aliphatic carbocycles. The number of hydrogen-bond acceptors (Lipinski definition) is 3. The SMILES string of the molecule is COc1ccccc1NC(=O)N(CC(=O)O)CC1CC1. The number of carboxylic acids is 1. The summed E-state index contributed by atoms with van der Waals surface area (Å²) in [6.45, 7) is 0.185. The Morgan fingerprint density at radius 2 is 2.10 bits per heavy atom. The summed E-state index contributed by atoms with van der Waals surface area (Å²) < 4.78 is 5.15. The van der Waals surface area contributed by atoms with Gasteiger partial charge in [-0.3, -0.25) is 4.79 Å². The quantitative estimate of drug-likeness (QED) is 0.834. The highest BCUT2D eigenvalue weighted by atomic mass is 16.5. The number of carbonyl (C=O) groups excluding carboxylic acids is 1. The van der Waals surface area contributed by atoms with Crippen LogP contribution in [0.15, 0.2) is 24.3 Å². The molecule has 0 unspecified atom stereocenters. The van der Waals surface area contributed by atoms with Crippen LogP contribution in [0.4, 0.5) is 10.5 Å². The Labute approximate surface area is 117 Å². The second kappa shape index (κ2) is 6.27. The molecule has 1 aromatic rings. The molecule has 1 fully saturated rings. The van der Waals surface area contributed by atoms with E-state index in [0.29, 0.717) is 23.9 Å². The van der Waals surface area contributed by atoms with Gasteiger partial charge in [0.1, 0.15) is 12.3 Å². The molecule has 2 rings (SSSR count). The van der Waals surface area contributed by atoms with E-state index in [9.17, 15) is 9.59 Å². The summed E-state index contributed by atoms with van der Waals surface area (Å²) in [5.41, 5.74) is 0.534. The maximum absolute atomic E-state index is 12.2. The van der Waals surface area contributed by atoms with Gasteiger partial charge in [-0.1, -0.05) is 12.1 Å². The zero-order valence-corrected chi connectivity index (χ0v) is 11.3. The minimum atomic E-state index is -1.01. The molecular formula is C14H18N2O4. The van der Waals surface area contributed by atoms with E-state index in [0.717, 1.165) is 12.8 Å². The second-order valence-corrected chi connectivity index (χ2v) is 4.85. The Morgan fingerprint density at radius 3 is 2.70 bits per heavy atom. The zero-order valence-electron chi connectivity index (χ0n) is 11.3. The summed E-state index contributed by atoms with van der Waals surface area (Å²) >= 11 is 0. The van der Waals surface area contributed by atoms with Crippen LogP contribution in [0.5, 0.6) is 5.75 Å². The Balaban J connectivity index is 2.04. The lowest BCUT2D eigenvalue weighted by Gasteiger charge is -2.21. The van der Waals surface area contributed by atoms with Crippen molar-refractivity contribution in [1.29, 1.82) is 0 Å². The second-order valence-electron chi connectivity index (χ2n) is 4.85. The Morgan fingerprint density at radius 1 is 1.40 bits per heavy atom. The molecule has 6 nitrogen and oxygen atoms in total. The Kier molecular flexibility index (Phi) is 4.45. The fraction of sp³-hybridized carbons (Fsp3) is 0.429. The monoisotopic (exact) mass is 278 g/mol. The zero-order chi connectivity index (χ0) is 14.5. The minimum absolute atomic E-state index is 0.294. The molecule has 0 aromatic heterocycles. The van der Waals surface area contributed by atoms with E-state index in [1.165, 1.54) is 12.0 Å². The molecule has 20 heavy (non-hydrogen) atoms. The third kappa shape index (κ3) is 3.88. The van der Waals surface area contributed by atoms with Crippen molar-refractivity contribution in [3.05, 3.63) is 24.3 Å². The summed E-state index contributed by atoms with van der Waals surface area (Å²) in [5.74, 6) is -0.0406. The van der Waals surface area contributed by atoms with Gasteiger partial charge in [-0.25, -0.2) is 4.79 Å². The molecule has 2 amide bonds. The van der Waals surface area contributed by atoms with E-state index in [2.05, 4.69) is 5.32 Å². The van der Waals surface area contributed by atoms with Crippen molar-refractivity contribution in [1.82, 2.24) is 4.90 Å². The number of hydrogen-bond donors (Lipinski definition) is 2. The Hall–Kier alpha value is -2.24. The van der Waals surface area contributed by atoms with Crippen LogP contribution in [-0.2, 0) is 4.79 Å². The first kappa shape index (κ1) is 14.2. The van der Waals surface area contributed by atoms with E-state index in [1.807, 2.05) is 0 Å². The molecular weight excluding hydrogens is 260 g/mol. The molecule has 108 valence electrons. The fourth-order valence-corrected chi connectivity index (χ4v) is 1.94. The van der Waals surface area contributed by atoms with Gasteiger partial charge < -0.3 is 20.1 Å². The predicted molar refractivity (Wildman–Crippen MR) is 73.9 cm³/mol. The van der Waals surface area contributed by atoms with Crippen molar-refractivity contribution in [2.45, 2.75) is 12.8 Å². The number of anilines is 1. The van der Waals surface area contributed by atoms with Gasteiger partial charge in [0.15, 0.2) is 0 Å². The molecule has 2 N–H and O–H groups in total. The third-order valence-electron chi connectivity index (χ3n) is 3.14.